The van der Waals surface area contributed by atoms with Crippen molar-refractivity contribution >= 4 is 54.3 Å². The highest BCUT2D eigenvalue weighted by atomic mass is 16.3. The van der Waals surface area contributed by atoms with Crippen LogP contribution in [0.15, 0.2) is 162 Å². The smallest absolute Gasteiger partial charge is 0.143 e. The van der Waals surface area contributed by atoms with Gasteiger partial charge in [0.05, 0.1) is 6.85 Å². The van der Waals surface area contributed by atoms with Gasteiger partial charge in [0.15, 0.2) is 0 Å². The first-order chi connectivity index (χ1) is 23.4. The molecule has 9 aromatic rings. The van der Waals surface area contributed by atoms with Crippen molar-refractivity contribution in [3.8, 4) is 33.4 Å². The van der Waals surface area contributed by atoms with Crippen LogP contribution < -0.4 is 0 Å². The summed E-state index contributed by atoms with van der Waals surface area (Å²) >= 11 is 0. The second-order valence-electron chi connectivity index (χ2n) is 10.9. The van der Waals surface area contributed by atoms with Crippen molar-refractivity contribution in [2.75, 3.05) is 0 Å². The third kappa shape index (κ3) is 3.72. The number of rotatable bonds is 3. The molecular weight excluding hydrogens is 520 g/mol. The highest BCUT2D eigenvalue weighted by molar-refractivity contribution is 6.23. The molecule has 0 saturated carbocycles. The minimum absolute atomic E-state index is 0.119. The Morgan fingerprint density at radius 2 is 1.00 bits per heavy atom. The van der Waals surface area contributed by atoms with Crippen molar-refractivity contribution in [3.63, 3.8) is 0 Å². The molecule has 0 atom stereocenters. The lowest BCUT2D eigenvalue weighted by atomic mass is 9.84. The molecule has 0 unspecified atom stereocenters. The zero-order chi connectivity index (χ0) is 32.7. The predicted octanol–water partition coefficient (Wildman–Crippen LogP) is 12.0. The average Bonchev–Trinajstić information content (AvgIpc) is 3.51. The normalized spacial score (nSPS) is 13.3. The standard InChI is InChI=1S/C42H26O/c1-2-13-28(14-3-1)37-25-31(26-38-32-16-10-11-21-39(32)43-42(37)38)41-35-19-8-6-17-33(35)40(34-18-7-9-20-36(34)41)30-23-22-27-12-4-5-15-29(27)24-30/h1-26H/i1D,2D,3D,13D,14D. The first-order valence-corrected chi connectivity index (χ1v) is 14.4. The lowest BCUT2D eigenvalue weighted by molar-refractivity contribution is 0.670. The molecule has 8 aromatic carbocycles. The van der Waals surface area contributed by atoms with Gasteiger partial charge < -0.3 is 4.42 Å². The Morgan fingerprint density at radius 3 is 1.70 bits per heavy atom. The number of furan rings is 1. The quantitative estimate of drug-likeness (QED) is 0.199. The number of hydrogen-bond acceptors (Lipinski definition) is 1. The number of benzene rings is 8. The van der Waals surface area contributed by atoms with E-state index in [1.54, 1.807) is 0 Å². The summed E-state index contributed by atoms with van der Waals surface area (Å²) in [4.78, 5) is 0. The molecule has 0 spiro atoms. The molecule has 200 valence electrons. The summed E-state index contributed by atoms with van der Waals surface area (Å²) < 4.78 is 49.3. The van der Waals surface area contributed by atoms with E-state index in [2.05, 4.69) is 84.9 Å². The van der Waals surface area contributed by atoms with Crippen molar-refractivity contribution in [2.24, 2.45) is 0 Å². The Labute approximate surface area is 256 Å². The minimum Gasteiger partial charge on any atom is -0.455 e. The first kappa shape index (κ1) is 19.5. The molecule has 0 N–H and O–H groups in total. The van der Waals surface area contributed by atoms with Crippen LogP contribution in [0.4, 0.5) is 0 Å². The molecule has 1 nitrogen and oxygen atoms in total. The van der Waals surface area contributed by atoms with Gasteiger partial charge in [-0.2, -0.15) is 0 Å². The van der Waals surface area contributed by atoms with Gasteiger partial charge in [-0.3, -0.25) is 0 Å². The van der Waals surface area contributed by atoms with Gasteiger partial charge in [-0.05, 0) is 84.4 Å². The van der Waals surface area contributed by atoms with Gasteiger partial charge in [-0.15, -0.1) is 0 Å². The molecule has 0 fully saturated rings. The van der Waals surface area contributed by atoms with Crippen LogP contribution in [0, 0.1) is 0 Å². The summed E-state index contributed by atoms with van der Waals surface area (Å²) in [5.74, 6) is 0. The lowest BCUT2D eigenvalue weighted by Crippen LogP contribution is -1.91. The molecular formula is C42H26O. The van der Waals surface area contributed by atoms with Gasteiger partial charge in [0.1, 0.15) is 11.2 Å². The second-order valence-corrected chi connectivity index (χ2v) is 10.9. The predicted molar refractivity (Wildman–Crippen MR) is 183 cm³/mol. The molecule has 0 aliphatic rings. The van der Waals surface area contributed by atoms with Gasteiger partial charge in [-0.25, -0.2) is 0 Å². The third-order valence-electron chi connectivity index (χ3n) is 8.51. The number of hydrogen-bond donors (Lipinski definition) is 0. The topological polar surface area (TPSA) is 13.1 Å². The summed E-state index contributed by atoms with van der Waals surface area (Å²) in [5, 5.41) is 8.38. The van der Waals surface area contributed by atoms with Crippen molar-refractivity contribution in [2.45, 2.75) is 0 Å². The van der Waals surface area contributed by atoms with Crippen LogP contribution in [0.3, 0.4) is 0 Å². The van der Waals surface area contributed by atoms with Crippen LogP contribution in [-0.2, 0) is 0 Å². The number of fused-ring (bicyclic) bond motifs is 6. The summed E-state index contributed by atoms with van der Waals surface area (Å²) in [5.41, 5.74) is 5.88. The van der Waals surface area contributed by atoms with E-state index in [0.29, 0.717) is 16.7 Å². The van der Waals surface area contributed by atoms with Crippen LogP contribution in [0.1, 0.15) is 6.85 Å². The highest BCUT2D eigenvalue weighted by Gasteiger charge is 2.20. The Bertz CT molecular complexity index is 2710. The molecule has 0 aliphatic carbocycles. The maximum atomic E-state index is 8.89. The maximum Gasteiger partial charge on any atom is 0.143 e. The van der Waals surface area contributed by atoms with Crippen LogP contribution >= 0.6 is 0 Å². The summed E-state index contributed by atoms with van der Waals surface area (Å²) in [6, 6.07) is 41.9. The average molecular weight is 552 g/mol. The molecule has 43 heavy (non-hydrogen) atoms. The van der Waals surface area contributed by atoms with Crippen molar-refractivity contribution in [3.05, 3.63) is 158 Å². The monoisotopic (exact) mass is 551 g/mol. The molecule has 1 heteroatoms. The van der Waals surface area contributed by atoms with Gasteiger partial charge in [0, 0.05) is 16.3 Å². The number of para-hydroxylation sites is 1. The SMILES string of the molecule is [2H]c1c([2H])c([2H])c(-c2cc(-c3c4ccccc4c(-c4ccc5ccccc5c4)c4ccccc34)cc3c2oc2ccccc23)c([2H])c1[2H]. The molecule has 0 bridgehead atoms. The van der Waals surface area contributed by atoms with E-state index < -0.39 is 6.04 Å². The zero-order valence-corrected chi connectivity index (χ0v) is 23.0. The van der Waals surface area contributed by atoms with E-state index in [1.807, 2.05) is 42.5 Å². The van der Waals surface area contributed by atoms with Gasteiger partial charge in [0.2, 0.25) is 0 Å². The van der Waals surface area contributed by atoms with Crippen molar-refractivity contribution < 1.29 is 11.3 Å². The molecule has 9 rings (SSSR count). The largest absolute Gasteiger partial charge is 0.455 e. The minimum atomic E-state index is -0.424. The van der Waals surface area contributed by atoms with Gasteiger partial charge in [-0.1, -0.05) is 133 Å². The van der Waals surface area contributed by atoms with Crippen LogP contribution in [0.25, 0.3) is 87.6 Å². The Hall–Kier alpha value is -5.66. The molecule has 1 aromatic heterocycles. The summed E-state index contributed by atoms with van der Waals surface area (Å²) in [6.45, 7) is 0. The summed E-state index contributed by atoms with van der Waals surface area (Å²) in [6.07, 6.45) is 0. The fourth-order valence-corrected chi connectivity index (χ4v) is 6.64. The van der Waals surface area contributed by atoms with Crippen LogP contribution in [0.2, 0.25) is 0 Å². The first-order valence-electron chi connectivity index (χ1n) is 16.9. The van der Waals surface area contributed by atoms with Gasteiger partial charge in [0.25, 0.3) is 0 Å². The van der Waals surface area contributed by atoms with Gasteiger partial charge >= 0.3 is 0 Å². The second kappa shape index (κ2) is 9.44. The molecule has 0 aliphatic heterocycles. The van der Waals surface area contributed by atoms with E-state index in [4.69, 9.17) is 11.3 Å². The van der Waals surface area contributed by atoms with Crippen molar-refractivity contribution in [1.29, 1.82) is 0 Å². The van der Waals surface area contributed by atoms with E-state index in [1.165, 1.54) is 10.8 Å². The fraction of sp³-hybridized carbons (Fsp3) is 0. The molecule has 0 amide bonds. The zero-order valence-electron chi connectivity index (χ0n) is 28.0. The third-order valence-corrected chi connectivity index (χ3v) is 8.51. The van der Waals surface area contributed by atoms with Crippen LogP contribution in [-0.4, -0.2) is 0 Å². The molecule has 0 saturated heterocycles. The Morgan fingerprint density at radius 1 is 0.419 bits per heavy atom. The Kier molecular flexibility index (Phi) is 4.27. The van der Waals surface area contributed by atoms with Crippen molar-refractivity contribution in [1.82, 2.24) is 0 Å². The summed E-state index contributed by atoms with van der Waals surface area (Å²) in [7, 11) is 0. The highest BCUT2D eigenvalue weighted by Crippen LogP contribution is 2.46. The van der Waals surface area contributed by atoms with E-state index in [9.17, 15) is 0 Å². The van der Waals surface area contributed by atoms with Crippen LogP contribution in [0.5, 0.6) is 0 Å². The lowest BCUT2D eigenvalue weighted by Gasteiger charge is -2.18. The molecule has 0 radical (unpaired) electrons. The van der Waals surface area contributed by atoms with E-state index in [0.717, 1.165) is 54.6 Å². The van der Waals surface area contributed by atoms with E-state index in [-0.39, 0.29) is 29.7 Å². The maximum absolute atomic E-state index is 8.89. The van der Waals surface area contributed by atoms with E-state index >= 15 is 0 Å². The molecule has 1 heterocycles. The Balaban J connectivity index is 1.43. The fourth-order valence-electron chi connectivity index (χ4n) is 6.64.